The largest absolute Gasteiger partial charge is 0.291 e. The highest BCUT2D eigenvalue weighted by molar-refractivity contribution is 5.49. The molecule has 1 rings (SSSR count). The molecule has 0 radical (unpaired) electrons. The van der Waals surface area contributed by atoms with Crippen molar-refractivity contribution in [2.45, 2.75) is 143 Å². The summed E-state index contributed by atoms with van der Waals surface area (Å²) in [4.78, 5) is 0. The number of para-hydroxylation sites is 1. The minimum Gasteiger partial charge on any atom is -0.291 e. The van der Waals surface area contributed by atoms with E-state index in [4.69, 9.17) is 0 Å². The Morgan fingerprint density at radius 3 is 1.25 bits per heavy atom. The zero-order valence-electron chi connectivity index (χ0n) is 22.6. The van der Waals surface area contributed by atoms with Crippen LogP contribution in [0.1, 0.15) is 142 Å². The van der Waals surface area contributed by atoms with Crippen molar-refractivity contribution in [2.24, 2.45) is 0 Å². The van der Waals surface area contributed by atoms with Crippen LogP contribution in [0.3, 0.4) is 0 Å². The number of hydrogen-bond donors (Lipinski definition) is 0. The maximum absolute atomic E-state index is 2.37. The highest BCUT2D eigenvalue weighted by atomic mass is 15.3. The van der Waals surface area contributed by atoms with Gasteiger partial charge in [0.25, 0.3) is 0 Å². The van der Waals surface area contributed by atoms with Gasteiger partial charge < -0.3 is 0 Å². The Morgan fingerprint density at radius 1 is 0.500 bits per heavy atom. The third kappa shape index (κ3) is 12.4. The van der Waals surface area contributed by atoms with Crippen molar-refractivity contribution >= 4 is 5.69 Å². The van der Waals surface area contributed by atoms with Gasteiger partial charge in [-0.3, -0.25) is 4.48 Å². The Morgan fingerprint density at radius 2 is 0.875 bits per heavy atom. The van der Waals surface area contributed by atoms with Gasteiger partial charge in [0.05, 0.1) is 19.6 Å². The highest BCUT2D eigenvalue weighted by Crippen LogP contribution is 2.28. The molecule has 0 bridgehead atoms. The Balaban J connectivity index is 1.96. The van der Waals surface area contributed by atoms with E-state index in [0.717, 1.165) is 4.48 Å². The molecular formula is C31H58N+. The molecule has 1 aromatic carbocycles. The van der Waals surface area contributed by atoms with E-state index in [-0.39, 0.29) is 0 Å². The Hall–Kier alpha value is -0.820. The van der Waals surface area contributed by atoms with Crippen LogP contribution in [0.5, 0.6) is 0 Å². The van der Waals surface area contributed by atoms with Crippen LogP contribution in [0.2, 0.25) is 0 Å². The first-order valence-corrected chi connectivity index (χ1v) is 14.6. The number of rotatable bonds is 22. The molecule has 0 saturated carbocycles. The normalized spacial score (nSPS) is 11.9. The van der Waals surface area contributed by atoms with Crippen LogP contribution in [0.15, 0.2) is 24.3 Å². The van der Waals surface area contributed by atoms with Gasteiger partial charge in [-0.2, -0.15) is 0 Å². The van der Waals surface area contributed by atoms with Crippen molar-refractivity contribution in [3.63, 3.8) is 0 Å². The fourth-order valence-electron chi connectivity index (χ4n) is 5.41. The molecule has 0 spiro atoms. The quantitative estimate of drug-likeness (QED) is 0.123. The van der Waals surface area contributed by atoms with Gasteiger partial charge in [-0.05, 0) is 39.7 Å². The van der Waals surface area contributed by atoms with Crippen LogP contribution >= 0.6 is 0 Å². The Bertz CT molecular complexity index is 531. The molecule has 1 heteroatoms. The molecule has 0 aliphatic heterocycles. The van der Waals surface area contributed by atoms with E-state index in [1.165, 1.54) is 141 Å². The summed E-state index contributed by atoms with van der Waals surface area (Å²) >= 11 is 0. The van der Waals surface area contributed by atoms with Crippen LogP contribution in [0, 0.1) is 6.92 Å². The van der Waals surface area contributed by atoms with E-state index in [0.29, 0.717) is 0 Å². The lowest BCUT2D eigenvalue weighted by Crippen LogP contribution is -2.50. The molecule has 0 unspecified atom stereocenters. The lowest BCUT2D eigenvalue weighted by molar-refractivity contribution is 0.290. The molecule has 0 aliphatic carbocycles. The molecule has 1 aromatic rings. The van der Waals surface area contributed by atoms with Gasteiger partial charge in [0.15, 0.2) is 0 Å². The summed E-state index contributed by atoms with van der Waals surface area (Å²) in [5.74, 6) is 0. The molecule has 0 heterocycles. The van der Waals surface area contributed by atoms with Gasteiger partial charge in [0.1, 0.15) is 5.69 Å². The molecule has 0 aromatic heterocycles. The van der Waals surface area contributed by atoms with Crippen molar-refractivity contribution in [1.29, 1.82) is 0 Å². The third-order valence-corrected chi connectivity index (χ3v) is 7.78. The predicted molar refractivity (Wildman–Crippen MR) is 148 cm³/mol. The molecule has 0 saturated heterocycles. The van der Waals surface area contributed by atoms with Crippen LogP contribution in [-0.4, -0.2) is 19.6 Å². The van der Waals surface area contributed by atoms with Crippen molar-refractivity contribution in [1.82, 2.24) is 4.48 Å². The fraction of sp³-hybridized carbons (Fsp3) is 0.806. The predicted octanol–water partition coefficient (Wildman–Crippen LogP) is 10.4. The summed E-state index contributed by atoms with van der Waals surface area (Å²) in [6.07, 6.45) is 26.1. The summed E-state index contributed by atoms with van der Waals surface area (Å²) in [6, 6.07) is 9.03. The summed E-state index contributed by atoms with van der Waals surface area (Å²) < 4.78 is 1.16. The second-order valence-corrected chi connectivity index (χ2v) is 10.3. The summed E-state index contributed by atoms with van der Waals surface area (Å²) in [5, 5.41) is 0. The Labute approximate surface area is 203 Å². The van der Waals surface area contributed by atoms with Crippen molar-refractivity contribution in [3.05, 3.63) is 29.8 Å². The average molecular weight is 445 g/mol. The van der Waals surface area contributed by atoms with Crippen LogP contribution in [-0.2, 0) is 0 Å². The molecule has 0 atom stereocenters. The van der Waals surface area contributed by atoms with Gasteiger partial charge in [0.2, 0.25) is 0 Å². The van der Waals surface area contributed by atoms with E-state index in [9.17, 15) is 0 Å². The molecule has 0 aliphatic rings. The van der Waals surface area contributed by atoms with Gasteiger partial charge in [0, 0.05) is 5.56 Å². The summed E-state index contributed by atoms with van der Waals surface area (Å²) in [5.41, 5.74) is 3.00. The van der Waals surface area contributed by atoms with Crippen molar-refractivity contribution in [3.8, 4) is 0 Å². The van der Waals surface area contributed by atoms with Gasteiger partial charge in [-0.1, -0.05) is 128 Å². The Kier molecular flexibility index (Phi) is 17.9. The number of quaternary nitrogens is 1. The van der Waals surface area contributed by atoms with Crippen LogP contribution in [0.25, 0.3) is 0 Å². The second-order valence-electron chi connectivity index (χ2n) is 10.3. The zero-order chi connectivity index (χ0) is 23.3. The van der Waals surface area contributed by atoms with Crippen LogP contribution in [0.4, 0.5) is 5.69 Å². The summed E-state index contributed by atoms with van der Waals surface area (Å²) in [6.45, 7) is 13.0. The fourth-order valence-corrected chi connectivity index (χ4v) is 5.41. The maximum Gasteiger partial charge on any atom is 0.135 e. The highest BCUT2D eigenvalue weighted by Gasteiger charge is 2.27. The number of aryl methyl sites for hydroxylation is 1. The minimum absolute atomic E-state index is 1.16. The first-order chi connectivity index (χ1) is 15.7. The molecule has 186 valence electrons. The smallest absolute Gasteiger partial charge is 0.135 e. The minimum atomic E-state index is 1.16. The number of unbranched alkanes of at least 4 members (excludes halogenated alkanes) is 17. The number of nitrogens with zero attached hydrogens (tertiary/aromatic N) is 1. The molecule has 0 N–H and O–H groups in total. The third-order valence-electron chi connectivity index (χ3n) is 7.78. The van der Waals surface area contributed by atoms with Gasteiger partial charge >= 0.3 is 0 Å². The molecule has 32 heavy (non-hydrogen) atoms. The van der Waals surface area contributed by atoms with E-state index < -0.39 is 0 Å². The number of hydrogen-bond acceptors (Lipinski definition) is 0. The first kappa shape index (κ1) is 29.2. The van der Waals surface area contributed by atoms with E-state index in [2.05, 4.69) is 52.0 Å². The lowest BCUT2D eigenvalue weighted by Gasteiger charge is -2.37. The standard InChI is InChI=1S/C31H58N/c1-5-8-9-10-11-12-13-14-15-16-17-18-19-20-21-22-23-26-29-32(6-2,7-3)31-28-25-24-27-30(31)4/h24-25,27-28H,5-23,26,29H2,1-4H3/q+1. The molecular weight excluding hydrogens is 386 g/mol. The van der Waals surface area contributed by atoms with Gasteiger partial charge in [-0.15, -0.1) is 0 Å². The molecule has 0 amide bonds. The van der Waals surface area contributed by atoms with Gasteiger partial charge in [-0.25, -0.2) is 0 Å². The average Bonchev–Trinajstić information content (AvgIpc) is 2.82. The van der Waals surface area contributed by atoms with Crippen molar-refractivity contribution in [2.75, 3.05) is 19.6 Å². The summed E-state index contributed by atoms with van der Waals surface area (Å²) in [7, 11) is 0. The van der Waals surface area contributed by atoms with Crippen LogP contribution < -0.4 is 4.48 Å². The SMILES string of the molecule is CCCCCCCCCCCCCCCCCCCC[N+](CC)(CC)c1ccccc1C. The van der Waals surface area contributed by atoms with E-state index in [1.54, 1.807) is 5.69 Å². The number of benzene rings is 1. The topological polar surface area (TPSA) is 0 Å². The molecule has 1 nitrogen and oxygen atoms in total. The van der Waals surface area contributed by atoms with E-state index >= 15 is 0 Å². The molecule has 0 fully saturated rings. The maximum atomic E-state index is 2.37. The zero-order valence-corrected chi connectivity index (χ0v) is 22.6. The lowest BCUT2D eigenvalue weighted by atomic mass is 10.0. The monoisotopic (exact) mass is 444 g/mol. The van der Waals surface area contributed by atoms with E-state index in [1.807, 2.05) is 0 Å². The second kappa shape index (κ2) is 19.6. The van der Waals surface area contributed by atoms with Crippen molar-refractivity contribution < 1.29 is 0 Å². The first-order valence-electron chi connectivity index (χ1n) is 14.6.